The second kappa shape index (κ2) is 4.47. The lowest BCUT2D eigenvalue weighted by atomic mass is 9.44. The fourth-order valence-corrected chi connectivity index (χ4v) is 5.83. The van der Waals surface area contributed by atoms with E-state index >= 15 is 0 Å². The molecule has 4 aliphatic carbocycles. The Hall–Kier alpha value is -0.570. The van der Waals surface area contributed by atoms with E-state index in [0.29, 0.717) is 17.9 Å². The predicted molar refractivity (Wildman–Crippen MR) is 74.6 cm³/mol. The van der Waals surface area contributed by atoms with Crippen LogP contribution in [-0.4, -0.2) is 35.6 Å². The van der Waals surface area contributed by atoms with Gasteiger partial charge in [-0.05, 0) is 62.7 Å². The van der Waals surface area contributed by atoms with E-state index < -0.39 is 0 Å². The number of carbonyl (C=O) groups is 1. The highest BCUT2D eigenvalue weighted by Crippen LogP contribution is 2.65. The molecule has 3 heteroatoms. The van der Waals surface area contributed by atoms with Gasteiger partial charge in [-0.15, -0.1) is 0 Å². The highest BCUT2D eigenvalue weighted by molar-refractivity contribution is 5.83. The lowest BCUT2D eigenvalue weighted by molar-refractivity contribution is -0.166. The van der Waals surface area contributed by atoms with Gasteiger partial charge in [0.05, 0.1) is 12.0 Å². The number of hydrogen-bond donors (Lipinski definition) is 1. The first-order valence-electron chi connectivity index (χ1n) is 7.90. The van der Waals surface area contributed by atoms with Crippen LogP contribution in [0.15, 0.2) is 0 Å². The molecule has 19 heavy (non-hydrogen) atoms. The van der Waals surface area contributed by atoms with E-state index in [4.69, 9.17) is 5.11 Å². The van der Waals surface area contributed by atoms with Crippen molar-refractivity contribution in [3.8, 4) is 0 Å². The minimum atomic E-state index is -0.0794. The van der Waals surface area contributed by atoms with Gasteiger partial charge < -0.3 is 10.0 Å². The minimum absolute atomic E-state index is 0.0794. The van der Waals surface area contributed by atoms with Crippen molar-refractivity contribution >= 4 is 5.91 Å². The Kier molecular flexibility index (Phi) is 3.16. The first kappa shape index (κ1) is 13.4. The third kappa shape index (κ3) is 2.10. The maximum atomic E-state index is 13.0. The van der Waals surface area contributed by atoms with E-state index in [0.717, 1.165) is 37.6 Å². The molecule has 2 atom stereocenters. The number of hydrogen-bond acceptors (Lipinski definition) is 2. The standard InChI is InChI=1S/C16H27NO2/c1-3-17(4-5-18)14(19)16-9-12-6-13(10-16)8-15(2,7-12)11-16/h12-13,18H,3-11H2,1-2H3. The molecule has 0 aromatic rings. The predicted octanol–water partition coefficient (Wildman–Crippen LogP) is 2.43. The van der Waals surface area contributed by atoms with Gasteiger partial charge in [-0.3, -0.25) is 4.79 Å². The van der Waals surface area contributed by atoms with E-state index in [2.05, 4.69) is 6.92 Å². The molecule has 0 heterocycles. The van der Waals surface area contributed by atoms with Gasteiger partial charge in [0.15, 0.2) is 0 Å². The first-order chi connectivity index (χ1) is 9.00. The average Bonchev–Trinajstić information content (AvgIpc) is 2.32. The van der Waals surface area contributed by atoms with E-state index in [1.54, 1.807) is 0 Å². The van der Waals surface area contributed by atoms with Gasteiger partial charge in [-0.1, -0.05) is 6.92 Å². The zero-order valence-electron chi connectivity index (χ0n) is 12.3. The topological polar surface area (TPSA) is 40.5 Å². The van der Waals surface area contributed by atoms with Crippen LogP contribution in [0.5, 0.6) is 0 Å². The van der Waals surface area contributed by atoms with Crippen LogP contribution in [-0.2, 0) is 4.79 Å². The van der Waals surface area contributed by atoms with Gasteiger partial charge in [-0.25, -0.2) is 0 Å². The van der Waals surface area contributed by atoms with Crippen LogP contribution < -0.4 is 0 Å². The van der Waals surface area contributed by atoms with E-state index in [9.17, 15) is 4.79 Å². The lowest BCUT2D eigenvalue weighted by Gasteiger charge is -2.61. The molecule has 4 saturated carbocycles. The molecule has 1 N–H and O–H groups in total. The highest BCUT2D eigenvalue weighted by atomic mass is 16.3. The molecule has 0 aromatic heterocycles. The number of carbonyl (C=O) groups excluding carboxylic acids is 1. The quantitative estimate of drug-likeness (QED) is 0.848. The summed E-state index contributed by atoms with van der Waals surface area (Å²) >= 11 is 0. The maximum Gasteiger partial charge on any atom is 0.228 e. The second-order valence-corrected chi connectivity index (χ2v) is 7.66. The maximum absolute atomic E-state index is 13.0. The van der Waals surface area contributed by atoms with E-state index in [1.165, 1.54) is 19.3 Å². The summed E-state index contributed by atoms with van der Waals surface area (Å²) in [6, 6.07) is 0. The Labute approximate surface area is 116 Å². The Balaban J connectivity index is 1.85. The van der Waals surface area contributed by atoms with E-state index in [1.807, 2.05) is 11.8 Å². The van der Waals surface area contributed by atoms with Crippen molar-refractivity contribution in [3.05, 3.63) is 0 Å². The third-order valence-electron chi connectivity index (χ3n) is 5.85. The zero-order chi connectivity index (χ0) is 13.7. The number of aliphatic hydroxyl groups excluding tert-OH is 1. The molecule has 4 bridgehead atoms. The van der Waals surface area contributed by atoms with Gasteiger partial charge >= 0.3 is 0 Å². The average molecular weight is 265 g/mol. The Morgan fingerprint density at radius 1 is 1.26 bits per heavy atom. The molecule has 0 radical (unpaired) electrons. The molecule has 3 nitrogen and oxygen atoms in total. The van der Waals surface area contributed by atoms with Crippen molar-refractivity contribution in [1.82, 2.24) is 4.90 Å². The molecule has 4 fully saturated rings. The summed E-state index contributed by atoms with van der Waals surface area (Å²) < 4.78 is 0. The van der Waals surface area contributed by atoms with Crippen LogP contribution in [0.4, 0.5) is 0 Å². The van der Waals surface area contributed by atoms with Crippen molar-refractivity contribution in [3.63, 3.8) is 0 Å². The number of likely N-dealkylation sites (N-methyl/N-ethyl adjacent to an activating group) is 1. The molecule has 0 saturated heterocycles. The van der Waals surface area contributed by atoms with Crippen molar-refractivity contribution in [1.29, 1.82) is 0 Å². The van der Waals surface area contributed by atoms with Gasteiger partial charge in [0.2, 0.25) is 5.91 Å². The molecule has 2 unspecified atom stereocenters. The Morgan fingerprint density at radius 3 is 2.37 bits per heavy atom. The Morgan fingerprint density at radius 2 is 1.89 bits per heavy atom. The van der Waals surface area contributed by atoms with Crippen molar-refractivity contribution < 1.29 is 9.90 Å². The summed E-state index contributed by atoms with van der Waals surface area (Å²) in [6.07, 6.45) is 7.35. The van der Waals surface area contributed by atoms with Crippen LogP contribution in [0.1, 0.15) is 52.4 Å². The molecule has 0 spiro atoms. The van der Waals surface area contributed by atoms with Crippen LogP contribution in [0, 0.1) is 22.7 Å². The summed E-state index contributed by atoms with van der Waals surface area (Å²) in [7, 11) is 0. The number of amides is 1. The molecule has 1 amide bonds. The summed E-state index contributed by atoms with van der Waals surface area (Å²) in [5.74, 6) is 1.90. The SMILES string of the molecule is CCN(CCO)C(=O)C12CC3CC(CC(C)(C3)C1)C2. The minimum Gasteiger partial charge on any atom is -0.395 e. The summed E-state index contributed by atoms with van der Waals surface area (Å²) in [4.78, 5) is 14.9. The second-order valence-electron chi connectivity index (χ2n) is 7.66. The summed E-state index contributed by atoms with van der Waals surface area (Å²) in [5, 5.41) is 9.16. The van der Waals surface area contributed by atoms with Gasteiger partial charge in [0, 0.05) is 13.1 Å². The molecule has 4 aliphatic rings. The van der Waals surface area contributed by atoms with Crippen molar-refractivity contribution in [2.75, 3.05) is 19.7 Å². The Bertz CT molecular complexity index is 365. The molecule has 108 valence electrons. The number of aliphatic hydroxyl groups is 1. The van der Waals surface area contributed by atoms with Gasteiger partial charge in [0.25, 0.3) is 0 Å². The molecular weight excluding hydrogens is 238 g/mol. The van der Waals surface area contributed by atoms with Gasteiger partial charge in [0.1, 0.15) is 0 Å². The fraction of sp³-hybridized carbons (Fsp3) is 0.938. The normalized spacial score (nSPS) is 43.5. The highest BCUT2D eigenvalue weighted by Gasteiger charge is 2.59. The largest absolute Gasteiger partial charge is 0.395 e. The van der Waals surface area contributed by atoms with E-state index in [-0.39, 0.29) is 12.0 Å². The summed E-state index contributed by atoms with van der Waals surface area (Å²) in [6.45, 7) is 5.74. The molecule has 0 aliphatic heterocycles. The van der Waals surface area contributed by atoms with Crippen molar-refractivity contribution in [2.24, 2.45) is 22.7 Å². The molecular formula is C16H27NO2. The van der Waals surface area contributed by atoms with Crippen LogP contribution in [0.25, 0.3) is 0 Å². The van der Waals surface area contributed by atoms with Crippen molar-refractivity contribution in [2.45, 2.75) is 52.4 Å². The molecule has 0 aromatic carbocycles. The zero-order valence-corrected chi connectivity index (χ0v) is 12.3. The lowest BCUT2D eigenvalue weighted by Crippen LogP contribution is -2.57. The summed E-state index contributed by atoms with van der Waals surface area (Å²) in [5.41, 5.74) is 0.336. The molecule has 4 rings (SSSR count). The smallest absolute Gasteiger partial charge is 0.228 e. The monoisotopic (exact) mass is 265 g/mol. The number of nitrogens with zero attached hydrogens (tertiary/aromatic N) is 1. The number of rotatable bonds is 4. The first-order valence-corrected chi connectivity index (χ1v) is 7.90. The van der Waals surface area contributed by atoms with Crippen LogP contribution in [0.2, 0.25) is 0 Å². The van der Waals surface area contributed by atoms with Crippen LogP contribution in [0.3, 0.4) is 0 Å². The third-order valence-corrected chi connectivity index (χ3v) is 5.85. The van der Waals surface area contributed by atoms with Gasteiger partial charge in [-0.2, -0.15) is 0 Å². The fourth-order valence-electron chi connectivity index (χ4n) is 5.83. The van der Waals surface area contributed by atoms with Crippen LogP contribution >= 0.6 is 0 Å².